The van der Waals surface area contributed by atoms with E-state index >= 15 is 0 Å². The van der Waals surface area contributed by atoms with E-state index in [-0.39, 0.29) is 5.56 Å². The van der Waals surface area contributed by atoms with E-state index in [2.05, 4.69) is 15.1 Å². The van der Waals surface area contributed by atoms with Crippen molar-refractivity contribution in [2.45, 2.75) is 13.0 Å². The maximum atomic E-state index is 11.0. The third kappa shape index (κ3) is 2.25. The molecule has 102 valence electrons. The number of hydrogen-bond acceptors (Lipinski definition) is 4. The molecule has 3 rings (SSSR count). The molecule has 0 amide bonds. The second-order valence-electron chi connectivity index (χ2n) is 4.53. The van der Waals surface area contributed by atoms with Crippen LogP contribution in [0.25, 0.3) is 11.0 Å². The number of carbonyl (C=O) groups is 1. The molecule has 7 heteroatoms. The molecule has 2 aromatic heterocycles. The van der Waals surface area contributed by atoms with Gasteiger partial charge in [-0.05, 0) is 18.2 Å². The summed E-state index contributed by atoms with van der Waals surface area (Å²) in [4.78, 5) is 19.4. The first-order valence-electron chi connectivity index (χ1n) is 6.16. The monoisotopic (exact) mass is 271 g/mol. The van der Waals surface area contributed by atoms with Gasteiger partial charge in [0.15, 0.2) is 5.82 Å². The minimum Gasteiger partial charge on any atom is -0.478 e. The number of aromatic carboxylic acids is 1. The Kier molecular flexibility index (Phi) is 2.94. The fraction of sp³-hybridized carbons (Fsp3) is 0.231. The van der Waals surface area contributed by atoms with E-state index in [0.717, 1.165) is 16.9 Å². The first-order chi connectivity index (χ1) is 9.63. The van der Waals surface area contributed by atoms with E-state index < -0.39 is 5.97 Å². The van der Waals surface area contributed by atoms with E-state index in [4.69, 9.17) is 5.11 Å². The number of nitrogens with zero attached hydrogens (tertiary/aromatic N) is 5. The molecule has 0 radical (unpaired) electrons. The van der Waals surface area contributed by atoms with Crippen molar-refractivity contribution >= 4 is 17.0 Å². The average molecular weight is 271 g/mol. The third-order valence-electron chi connectivity index (χ3n) is 3.09. The Morgan fingerprint density at radius 2 is 2.15 bits per heavy atom. The van der Waals surface area contributed by atoms with Crippen LogP contribution in [0.3, 0.4) is 0 Å². The highest BCUT2D eigenvalue weighted by atomic mass is 16.4. The molecule has 0 aliphatic rings. The zero-order valence-corrected chi connectivity index (χ0v) is 10.9. The average Bonchev–Trinajstić information content (AvgIpc) is 3.02. The maximum absolute atomic E-state index is 11.0. The van der Waals surface area contributed by atoms with Crippen molar-refractivity contribution in [1.82, 2.24) is 24.3 Å². The summed E-state index contributed by atoms with van der Waals surface area (Å²) in [6, 6.07) is 4.91. The second kappa shape index (κ2) is 4.76. The quantitative estimate of drug-likeness (QED) is 0.768. The molecule has 0 bridgehead atoms. The van der Waals surface area contributed by atoms with Gasteiger partial charge in [0.05, 0.1) is 22.9 Å². The standard InChI is InChI=1S/C13H13N5O2/c1-17-7-15-12(16-17)4-5-18-8-14-10-3-2-9(13(19)20)6-11(10)18/h2-3,6-8H,4-5H2,1H3,(H,19,20). The molecule has 0 atom stereocenters. The maximum Gasteiger partial charge on any atom is 0.335 e. The van der Waals surface area contributed by atoms with Gasteiger partial charge in [-0.3, -0.25) is 4.68 Å². The zero-order chi connectivity index (χ0) is 14.1. The molecule has 2 heterocycles. The summed E-state index contributed by atoms with van der Waals surface area (Å²) in [5.41, 5.74) is 1.85. The number of hydrogen-bond donors (Lipinski definition) is 1. The lowest BCUT2D eigenvalue weighted by Crippen LogP contribution is -2.03. The van der Waals surface area contributed by atoms with E-state index in [1.165, 1.54) is 0 Å². The van der Waals surface area contributed by atoms with Gasteiger partial charge >= 0.3 is 5.97 Å². The summed E-state index contributed by atoms with van der Waals surface area (Å²) in [7, 11) is 1.82. The normalized spacial score (nSPS) is 11.1. The highest BCUT2D eigenvalue weighted by Gasteiger charge is 2.08. The fourth-order valence-electron chi connectivity index (χ4n) is 2.09. The molecule has 0 saturated carbocycles. The van der Waals surface area contributed by atoms with Crippen LogP contribution in [0.15, 0.2) is 30.9 Å². The SMILES string of the molecule is Cn1cnc(CCn2cnc3ccc(C(=O)O)cc32)n1. The topological polar surface area (TPSA) is 85.8 Å². The highest BCUT2D eigenvalue weighted by molar-refractivity contribution is 5.92. The van der Waals surface area contributed by atoms with Gasteiger partial charge in [0, 0.05) is 20.0 Å². The number of aryl methyl sites for hydroxylation is 3. The van der Waals surface area contributed by atoms with E-state index in [9.17, 15) is 4.79 Å². The molecule has 1 N–H and O–H groups in total. The van der Waals surface area contributed by atoms with Crippen LogP contribution in [0.2, 0.25) is 0 Å². The van der Waals surface area contributed by atoms with Crippen molar-refractivity contribution in [3.05, 3.63) is 42.2 Å². The van der Waals surface area contributed by atoms with Gasteiger partial charge in [-0.1, -0.05) is 0 Å². The number of imidazole rings is 1. The van der Waals surface area contributed by atoms with Crippen molar-refractivity contribution in [3.8, 4) is 0 Å². The number of fused-ring (bicyclic) bond motifs is 1. The zero-order valence-electron chi connectivity index (χ0n) is 10.9. The first kappa shape index (κ1) is 12.3. The molecular formula is C13H13N5O2. The van der Waals surface area contributed by atoms with Crippen molar-refractivity contribution in [3.63, 3.8) is 0 Å². The van der Waals surface area contributed by atoms with Gasteiger partial charge in [-0.25, -0.2) is 14.8 Å². The van der Waals surface area contributed by atoms with Crippen molar-refractivity contribution in [1.29, 1.82) is 0 Å². The Morgan fingerprint density at radius 1 is 1.30 bits per heavy atom. The number of benzene rings is 1. The summed E-state index contributed by atoms with van der Waals surface area (Å²) in [6.07, 6.45) is 4.03. The molecule has 3 aromatic rings. The molecule has 0 aliphatic heterocycles. The Morgan fingerprint density at radius 3 is 2.85 bits per heavy atom. The summed E-state index contributed by atoms with van der Waals surface area (Å²) >= 11 is 0. The molecule has 0 aliphatic carbocycles. The fourth-order valence-corrected chi connectivity index (χ4v) is 2.09. The van der Waals surface area contributed by atoms with Crippen molar-refractivity contribution in [2.24, 2.45) is 7.05 Å². The lowest BCUT2D eigenvalue weighted by molar-refractivity contribution is 0.0697. The van der Waals surface area contributed by atoms with Crippen LogP contribution >= 0.6 is 0 Å². The Balaban J connectivity index is 1.87. The van der Waals surface area contributed by atoms with E-state index in [1.807, 2.05) is 11.6 Å². The minimum atomic E-state index is -0.939. The van der Waals surface area contributed by atoms with Gasteiger partial charge in [0.25, 0.3) is 0 Å². The highest BCUT2D eigenvalue weighted by Crippen LogP contribution is 2.15. The molecule has 0 fully saturated rings. The molecule has 1 aromatic carbocycles. The van der Waals surface area contributed by atoms with Crippen LogP contribution in [0.4, 0.5) is 0 Å². The van der Waals surface area contributed by atoms with Gasteiger partial charge in [0.2, 0.25) is 0 Å². The van der Waals surface area contributed by atoms with Crippen LogP contribution in [0, 0.1) is 0 Å². The lowest BCUT2D eigenvalue weighted by Gasteiger charge is -2.02. The van der Waals surface area contributed by atoms with E-state index in [1.54, 1.807) is 35.5 Å². The minimum absolute atomic E-state index is 0.259. The predicted octanol–water partition coefficient (Wildman–Crippen LogP) is 1.11. The van der Waals surface area contributed by atoms with Gasteiger partial charge in [-0.15, -0.1) is 0 Å². The summed E-state index contributed by atoms with van der Waals surface area (Å²) in [5, 5.41) is 13.2. The smallest absolute Gasteiger partial charge is 0.335 e. The van der Waals surface area contributed by atoms with Crippen molar-refractivity contribution in [2.75, 3.05) is 0 Å². The van der Waals surface area contributed by atoms with Crippen LogP contribution in [0.5, 0.6) is 0 Å². The lowest BCUT2D eigenvalue weighted by atomic mass is 10.2. The number of carboxylic acid groups (broad SMARTS) is 1. The van der Waals surface area contributed by atoms with Gasteiger partial charge in [0.1, 0.15) is 6.33 Å². The molecular weight excluding hydrogens is 258 g/mol. The number of aromatic nitrogens is 5. The molecule has 7 nitrogen and oxygen atoms in total. The van der Waals surface area contributed by atoms with Crippen LogP contribution in [-0.2, 0) is 20.0 Å². The first-order valence-corrected chi connectivity index (χ1v) is 6.16. The molecule has 0 spiro atoms. The summed E-state index contributed by atoms with van der Waals surface area (Å²) < 4.78 is 3.57. The molecule has 20 heavy (non-hydrogen) atoms. The Bertz CT molecular complexity index is 774. The van der Waals surface area contributed by atoms with Crippen LogP contribution < -0.4 is 0 Å². The van der Waals surface area contributed by atoms with E-state index in [0.29, 0.717) is 13.0 Å². The summed E-state index contributed by atoms with van der Waals surface area (Å²) in [6.45, 7) is 0.656. The predicted molar refractivity (Wildman–Crippen MR) is 71.4 cm³/mol. The largest absolute Gasteiger partial charge is 0.478 e. The molecule has 0 unspecified atom stereocenters. The number of rotatable bonds is 4. The van der Waals surface area contributed by atoms with Crippen LogP contribution in [-0.4, -0.2) is 35.4 Å². The summed E-state index contributed by atoms with van der Waals surface area (Å²) in [5.74, 6) is -0.185. The molecule has 0 saturated heterocycles. The van der Waals surface area contributed by atoms with Crippen LogP contribution in [0.1, 0.15) is 16.2 Å². The van der Waals surface area contributed by atoms with Gasteiger partial charge in [-0.2, -0.15) is 5.10 Å². The Labute approximate surface area is 114 Å². The number of carboxylic acids is 1. The second-order valence-corrected chi connectivity index (χ2v) is 4.53. The van der Waals surface area contributed by atoms with Crippen molar-refractivity contribution < 1.29 is 9.90 Å². The Hall–Kier alpha value is -2.70. The third-order valence-corrected chi connectivity index (χ3v) is 3.09. The van der Waals surface area contributed by atoms with Gasteiger partial charge < -0.3 is 9.67 Å².